The van der Waals surface area contributed by atoms with E-state index in [1.807, 2.05) is 31.2 Å². The van der Waals surface area contributed by atoms with Gasteiger partial charge in [0.25, 0.3) is 5.78 Å². The van der Waals surface area contributed by atoms with E-state index in [1.165, 1.54) is 19.2 Å². The summed E-state index contributed by atoms with van der Waals surface area (Å²) in [6.07, 6.45) is 0. The molecule has 3 aromatic carbocycles. The number of esters is 1. The summed E-state index contributed by atoms with van der Waals surface area (Å²) in [4.78, 5) is 44.7. The van der Waals surface area contributed by atoms with Gasteiger partial charge in [0, 0.05) is 5.56 Å². The molecule has 0 spiro atoms. The molecule has 1 atom stereocenters. The summed E-state index contributed by atoms with van der Waals surface area (Å²) >= 11 is 0.910. The highest BCUT2D eigenvalue weighted by Gasteiger charge is 2.48. The number of aliphatic hydroxyl groups excluding tert-OH is 1. The molecule has 1 aromatic heterocycles. The zero-order valence-corrected chi connectivity index (χ0v) is 23.3. The minimum atomic E-state index is -1.07. The zero-order valence-electron chi connectivity index (χ0n) is 22.5. The molecule has 1 aliphatic heterocycles. The molecule has 1 aliphatic rings. The molecular weight excluding hydrogens is 544 g/mol. The van der Waals surface area contributed by atoms with Crippen molar-refractivity contribution < 1.29 is 34.1 Å². The van der Waals surface area contributed by atoms with Crippen LogP contribution >= 0.6 is 11.3 Å². The number of nitrogens with zero attached hydrogens (tertiary/aromatic N) is 2. The van der Waals surface area contributed by atoms with Gasteiger partial charge in [-0.1, -0.05) is 53.3 Å². The largest absolute Gasteiger partial charge is 0.508 e. The van der Waals surface area contributed by atoms with Crippen LogP contribution in [0.1, 0.15) is 43.7 Å². The van der Waals surface area contributed by atoms with E-state index < -0.39 is 23.7 Å². The van der Waals surface area contributed by atoms with E-state index >= 15 is 0 Å². The van der Waals surface area contributed by atoms with Crippen LogP contribution in [0.5, 0.6) is 11.5 Å². The van der Waals surface area contributed by atoms with Crippen molar-refractivity contribution in [2.75, 3.05) is 12.0 Å². The lowest BCUT2D eigenvalue weighted by atomic mass is 9.95. The topological polar surface area (TPSA) is 126 Å². The van der Waals surface area contributed by atoms with E-state index in [4.69, 9.17) is 9.47 Å². The predicted octanol–water partition coefficient (Wildman–Crippen LogP) is 5.46. The summed E-state index contributed by atoms with van der Waals surface area (Å²) in [5, 5.41) is 21.3. The molecule has 0 bridgehead atoms. The number of methoxy groups -OCH3 is 1. The van der Waals surface area contributed by atoms with E-state index in [0.29, 0.717) is 29.2 Å². The lowest BCUT2D eigenvalue weighted by molar-refractivity contribution is -0.132. The molecule has 0 unspecified atom stereocenters. The molecule has 208 valence electrons. The van der Waals surface area contributed by atoms with Crippen molar-refractivity contribution in [3.05, 3.63) is 111 Å². The smallest absolute Gasteiger partial charge is 0.350 e. The number of hydrogen-bond acceptors (Lipinski definition) is 9. The van der Waals surface area contributed by atoms with Crippen LogP contribution in [0.3, 0.4) is 0 Å². The number of carbonyl (C=O) groups is 3. The molecule has 1 saturated heterocycles. The van der Waals surface area contributed by atoms with E-state index in [-0.39, 0.29) is 27.1 Å². The van der Waals surface area contributed by atoms with Crippen LogP contribution in [-0.2, 0) is 20.9 Å². The van der Waals surface area contributed by atoms with Crippen LogP contribution in [0, 0.1) is 13.8 Å². The number of thiazole rings is 1. The SMILES string of the molecule is COC(=O)c1sc(N2C(=O)C(=O)C(=C(O)c3ccc(OCc4cccc(C)c4)cc3)[C@H]2c2ccc(O)cc2)nc1C. The maximum atomic E-state index is 13.4. The number of aryl methyl sites for hydroxylation is 2. The number of Topliss-reactive ketones (excluding diaryl/α,β-unsaturated/α-hetero) is 1. The third-order valence-corrected chi connectivity index (χ3v) is 7.77. The van der Waals surface area contributed by atoms with Crippen molar-refractivity contribution >= 4 is 39.9 Å². The fourth-order valence-corrected chi connectivity index (χ4v) is 5.61. The highest BCUT2D eigenvalue weighted by Crippen LogP contribution is 2.44. The van der Waals surface area contributed by atoms with Crippen LogP contribution in [0.15, 0.2) is 78.4 Å². The van der Waals surface area contributed by atoms with Gasteiger partial charge < -0.3 is 19.7 Å². The number of ketones is 1. The molecule has 1 fully saturated rings. The van der Waals surface area contributed by atoms with Gasteiger partial charge in [-0.05, 0) is 61.4 Å². The Morgan fingerprint density at radius 2 is 1.73 bits per heavy atom. The van der Waals surface area contributed by atoms with E-state index in [0.717, 1.165) is 27.4 Å². The lowest BCUT2D eigenvalue weighted by Gasteiger charge is -2.23. The second-order valence-electron chi connectivity index (χ2n) is 9.47. The number of benzene rings is 3. The molecule has 2 N–H and O–H groups in total. The summed E-state index contributed by atoms with van der Waals surface area (Å²) in [5.41, 5.74) is 3.08. The summed E-state index contributed by atoms with van der Waals surface area (Å²) < 4.78 is 10.7. The summed E-state index contributed by atoms with van der Waals surface area (Å²) in [6.45, 7) is 3.96. The van der Waals surface area contributed by atoms with Gasteiger partial charge >= 0.3 is 11.9 Å². The Bertz CT molecular complexity index is 1670. The third kappa shape index (κ3) is 5.42. The maximum absolute atomic E-state index is 13.4. The fraction of sp³-hybridized carbons (Fsp3) is 0.161. The monoisotopic (exact) mass is 570 g/mol. The van der Waals surface area contributed by atoms with Crippen LogP contribution in [0.4, 0.5) is 5.13 Å². The average Bonchev–Trinajstić information content (AvgIpc) is 3.48. The number of phenols is 1. The molecular formula is C31H26N2O7S. The van der Waals surface area contributed by atoms with Gasteiger partial charge in [-0.25, -0.2) is 9.78 Å². The minimum absolute atomic E-state index is 0.00924. The first kappa shape index (κ1) is 27.6. The average molecular weight is 571 g/mol. The third-order valence-electron chi connectivity index (χ3n) is 6.63. The van der Waals surface area contributed by atoms with Crippen molar-refractivity contribution in [2.45, 2.75) is 26.5 Å². The number of phenolic OH excluding ortho intramolecular Hbond substituents is 1. The van der Waals surface area contributed by atoms with Gasteiger partial charge in [0.1, 0.15) is 28.7 Å². The van der Waals surface area contributed by atoms with Crippen LogP contribution in [0.25, 0.3) is 5.76 Å². The van der Waals surface area contributed by atoms with Crippen molar-refractivity contribution in [3.8, 4) is 11.5 Å². The Kier molecular flexibility index (Phi) is 7.58. The van der Waals surface area contributed by atoms with E-state index in [9.17, 15) is 24.6 Å². The minimum Gasteiger partial charge on any atom is -0.508 e. The number of amides is 1. The van der Waals surface area contributed by atoms with Crippen molar-refractivity contribution in [1.82, 2.24) is 4.98 Å². The normalized spacial score (nSPS) is 16.2. The van der Waals surface area contributed by atoms with Crippen LogP contribution < -0.4 is 9.64 Å². The molecule has 4 aromatic rings. The number of aliphatic hydroxyl groups is 1. The Balaban J connectivity index is 1.52. The predicted molar refractivity (Wildman–Crippen MR) is 153 cm³/mol. The number of aromatic nitrogens is 1. The quantitative estimate of drug-likeness (QED) is 0.130. The molecule has 1 amide bonds. The lowest BCUT2D eigenvalue weighted by Crippen LogP contribution is -2.29. The zero-order chi connectivity index (χ0) is 29.3. The molecule has 2 heterocycles. The Hall–Kier alpha value is -4.96. The Labute approximate surface area is 239 Å². The number of ether oxygens (including phenoxy) is 2. The number of rotatable bonds is 7. The first-order chi connectivity index (χ1) is 19.7. The highest BCUT2D eigenvalue weighted by atomic mass is 32.1. The summed E-state index contributed by atoms with van der Waals surface area (Å²) in [7, 11) is 1.24. The first-order valence-electron chi connectivity index (χ1n) is 12.6. The van der Waals surface area contributed by atoms with Crippen molar-refractivity contribution in [3.63, 3.8) is 0 Å². The molecule has 5 rings (SSSR count). The van der Waals surface area contributed by atoms with Gasteiger partial charge in [-0.3, -0.25) is 14.5 Å². The van der Waals surface area contributed by atoms with Crippen molar-refractivity contribution in [2.24, 2.45) is 0 Å². The fourth-order valence-electron chi connectivity index (χ4n) is 4.60. The van der Waals surface area contributed by atoms with Gasteiger partial charge in [-0.15, -0.1) is 0 Å². The first-order valence-corrected chi connectivity index (χ1v) is 13.4. The highest BCUT2D eigenvalue weighted by molar-refractivity contribution is 7.17. The standard InChI is InChI=1S/C31H26N2O7S/c1-17-5-4-6-19(15-17)16-40-23-13-9-21(10-14-23)26(35)24-25(20-7-11-22(34)12-8-20)33(29(37)27(24)36)31-32-18(2)28(41-31)30(38)39-3/h4-15,25,34-35H,16H2,1-3H3/t25-/m1/s1. The number of hydrogen-bond donors (Lipinski definition) is 2. The van der Waals surface area contributed by atoms with E-state index in [2.05, 4.69) is 4.98 Å². The number of aromatic hydroxyl groups is 1. The van der Waals surface area contributed by atoms with Crippen LogP contribution in [0.2, 0.25) is 0 Å². The van der Waals surface area contributed by atoms with Gasteiger partial charge in [0.05, 0.1) is 24.4 Å². The van der Waals surface area contributed by atoms with Gasteiger partial charge in [-0.2, -0.15) is 0 Å². The number of carbonyl (C=O) groups excluding carboxylic acids is 3. The second kappa shape index (κ2) is 11.3. The Morgan fingerprint density at radius 3 is 2.39 bits per heavy atom. The Morgan fingerprint density at radius 1 is 1.02 bits per heavy atom. The molecule has 0 radical (unpaired) electrons. The van der Waals surface area contributed by atoms with E-state index in [1.54, 1.807) is 43.3 Å². The van der Waals surface area contributed by atoms with Crippen LogP contribution in [-0.4, -0.2) is 40.0 Å². The van der Waals surface area contributed by atoms with Gasteiger partial charge in [0.2, 0.25) is 0 Å². The summed E-state index contributed by atoms with van der Waals surface area (Å²) in [6, 6.07) is 19.4. The molecule has 0 saturated carbocycles. The molecule has 9 nitrogen and oxygen atoms in total. The molecule has 0 aliphatic carbocycles. The molecule has 10 heteroatoms. The second-order valence-corrected chi connectivity index (χ2v) is 10.4. The molecule has 41 heavy (non-hydrogen) atoms. The number of anilines is 1. The maximum Gasteiger partial charge on any atom is 0.350 e. The summed E-state index contributed by atoms with van der Waals surface area (Å²) in [5.74, 6) is -2.26. The van der Waals surface area contributed by atoms with Gasteiger partial charge in [0.15, 0.2) is 5.13 Å². The van der Waals surface area contributed by atoms with Crippen molar-refractivity contribution in [1.29, 1.82) is 0 Å².